The van der Waals surface area contributed by atoms with Gasteiger partial charge in [-0.1, -0.05) is 29.4 Å². The van der Waals surface area contributed by atoms with Crippen molar-refractivity contribution < 1.29 is 4.52 Å². The van der Waals surface area contributed by atoms with Crippen molar-refractivity contribution in [2.75, 3.05) is 26.2 Å². The van der Waals surface area contributed by atoms with Gasteiger partial charge in [0.05, 0.1) is 6.54 Å². The van der Waals surface area contributed by atoms with Gasteiger partial charge in [0.25, 0.3) is 0 Å². The van der Waals surface area contributed by atoms with Gasteiger partial charge < -0.3 is 4.52 Å². The molecule has 1 aromatic carbocycles. The Morgan fingerprint density at radius 3 is 2.92 bits per heavy atom. The van der Waals surface area contributed by atoms with Crippen LogP contribution in [0.25, 0.3) is 0 Å². The van der Waals surface area contributed by atoms with Gasteiger partial charge in [0, 0.05) is 32.6 Å². The van der Waals surface area contributed by atoms with Crippen LogP contribution < -0.4 is 0 Å². The summed E-state index contributed by atoms with van der Waals surface area (Å²) in [4.78, 5) is 9.49. The van der Waals surface area contributed by atoms with Crippen LogP contribution in [0.3, 0.4) is 0 Å². The van der Waals surface area contributed by atoms with Gasteiger partial charge in [0.15, 0.2) is 5.82 Å². The number of nitrogens with zero attached hydrogens (tertiary/aromatic N) is 4. The third-order valence-electron chi connectivity index (χ3n) is 5.34. The Hall–Kier alpha value is -1.72. The van der Waals surface area contributed by atoms with Gasteiger partial charge in [0.2, 0.25) is 5.89 Å². The molecule has 0 saturated carbocycles. The van der Waals surface area contributed by atoms with Crippen LogP contribution in [-0.2, 0) is 13.0 Å². The van der Waals surface area contributed by atoms with E-state index in [1.807, 2.05) is 6.92 Å². The molecule has 0 spiro atoms. The van der Waals surface area contributed by atoms with Crippen molar-refractivity contribution >= 4 is 0 Å². The summed E-state index contributed by atoms with van der Waals surface area (Å²) in [6.45, 7) is 7.13. The van der Waals surface area contributed by atoms with Gasteiger partial charge in [-0.05, 0) is 43.4 Å². The maximum absolute atomic E-state index is 5.09. The van der Waals surface area contributed by atoms with E-state index in [9.17, 15) is 0 Å². The van der Waals surface area contributed by atoms with Crippen LogP contribution >= 0.6 is 0 Å². The van der Waals surface area contributed by atoms with Gasteiger partial charge in [-0.2, -0.15) is 4.98 Å². The second kappa shape index (κ2) is 7.03. The van der Waals surface area contributed by atoms with Crippen LogP contribution in [0.5, 0.6) is 0 Å². The molecule has 1 atom stereocenters. The van der Waals surface area contributed by atoms with Crippen LogP contribution in [0, 0.1) is 6.92 Å². The molecule has 2 aromatic rings. The van der Waals surface area contributed by atoms with E-state index in [1.54, 1.807) is 11.1 Å². The number of aryl methyl sites for hydroxylation is 2. The van der Waals surface area contributed by atoms with Gasteiger partial charge in [-0.25, -0.2) is 0 Å². The minimum atomic E-state index is 0.599. The Morgan fingerprint density at radius 2 is 2.04 bits per heavy atom. The third-order valence-corrected chi connectivity index (χ3v) is 5.34. The van der Waals surface area contributed by atoms with Crippen molar-refractivity contribution in [3.05, 3.63) is 47.1 Å². The van der Waals surface area contributed by atoms with Crippen LogP contribution in [-0.4, -0.2) is 46.1 Å². The Bertz CT molecular complexity index is 684. The van der Waals surface area contributed by atoms with Crippen molar-refractivity contribution in [3.63, 3.8) is 0 Å². The third kappa shape index (κ3) is 3.37. The van der Waals surface area contributed by atoms with Gasteiger partial charge in [0.1, 0.15) is 0 Å². The summed E-state index contributed by atoms with van der Waals surface area (Å²) in [5.41, 5.74) is 3.11. The zero-order chi connectivity index (χ0) is 16.4. The monoisotopic (exact) mass is 326 g/mol. The highest BCUT2D eigenvalue weighted by atomic mass is 16.5. The summed E-state index contributed by atoms with van der Waals surface area (Å²) in [7, 11) is 0. The summed E-state index contributed by atoms with van der Waals surface area (Å²) < 4.78 is 5.09. The van der Waals surface area contributed by atoms with Crippen LogP contribution in [0.1, 0.15) is 48.1 Å². The number of benzene rings is 1. The zero-order valence-electron chi connectivity index (χ0n) is 14.4. The minimum absolute atomic E-state index is 0.599. The smallest absolute Gasteiger partial charge is 0.223 e. The molecule has 4 rings (SSSR count). The predicted octanol–water partition coefficient (Wildman–Crippen LogP) is 2.96. The summed E-state index contributed by atoms with van der Waals surface area (Å²) in [5, 5.41) is 4.04. The molecular formula is C19H26N4O. The number of hydrogen-bond donors (Lipinski definition) is 0. The molecule has 1 aromatic heterocycles. The van der Waals surface area contributed by atoms with E-state index in [1.165, 1.54) is 32.2 Å². The molecule has 1 fully saturated rings. The number of fused-ring (bicyclic) bond motifs is 1. The molecule has 1 saturated heterocycles. The molecule has 1 unspecified atom stereocenters. The largest absolute Gasteiger partial charge is 0.340 e. The highest BCUT2D eigenvalue weighted by molar-refractivity contribution is 5.32. The highest BCUT2D eigenvalue weighted by Gasteiger charge is 2.27. The summed E-state index contributed by atoms with van der Waals surface area (Å²) >= 11 is 0. The van der Waals surface area contributed by atoms with Crippen molar-refractivity contribution in [2.24, 2.45) is 0 Å². The Morgan fingerprint density at radius 1 is 1.12 bits per heavy atom. The zero-order valence-corrected chi connectivity index (χ0v) is 14.4. The molecule has 1 aliphatic heterocycles. The molecule has 5 nitrogen and oxygen atoms in total. The van der Waals surface area contributed by atoms with Crippen LogP contribution in [0.4, 0.5) is 0 Å². The summed E-state index contributed by atoms with van der Waals surface area (Å²) in [5.74, 6) is 1.46. The van der Waals surface area contributed by atoms with E-state index < -0.39 is 0 Å². The number of aromatic nitrogens is 2. The molecule has 24 heavy (non-hydrogen) atoms. The molecular weight excluding hydrogens is 300 g/mol. The van der Waals surface area contributed by atoms with E-state index in [-0.39, 0.29) is 0 Å². The van der Waals surface area contributed by atoms with Crippen molar-refractivity contribution in [1.29, 1.82) is 0 Å². The maximum Gasteiger partial charge on any atom is 0.223 e. The van der Waals surface area contributed by atoms with E-state index >= 15 is 0 Å². The first kappa shape index (κ1) is 15.8. The molecule has 0 N–H and O–H groups in total. The fourth-order valence-corrected chi connectivity index (χ4v) is 4.17. The molecule has 1 aliphatic carbocycles. The predicted molar refractivity (Wildman–Crippen MR) is 92.6 cm³/mol. The fourth-order valence-electron chi connectivity index (χ4n) is 4.17. The minimum Gasteiger partial charge on any atom is -0.340 e. The number of rotatable bonds is 3. The summed E-state index contributed by atoms with van der Waals surface area (Å²) in [6, 6.07) is 9.62. The Kier molecular flexibility index (Phi) is 4.63. The van der Waals surface area contributed by atoms with Crippen molar-refractivity contribution in [1.82, 2.24) is 19.9 Å². The lowest BCUT2D eigenvalue weighted by atomic mass is 9.87. The lowest BCUT2D eigenvalue weighted by molar-refractivity contribution is 0.179. The lowest BCUT2D eigenvalue weighted by Crippen LogP contribution is -2.35. The first-order chi connectivity index (χ1) is 11.8. The van der Waals surface area contributed by atoms with E-state index in [4.69, 9.17) is 4.52 Å². The molecule has 2 aliphatic rings. The van der Waals surface area contributed by atoms with Gasteiger partial charge in [-0.15, -0.1) is 0 Å². The SMILES string of the molecule is Cc1nc(CN2CCCN(C3CCCc4ccccc43)CC2)no1. The standard InChI is InChI=1S/C19H26N4O/c1-15-20-19(21-24-15)14-22-10-5-11-23(13-12-22)18-9-4-7-16-6-2-3-8-17(16)18/h2-3,6,8,18H,4-5,7,9-14H2,1H3. The Balaban J connectivity index is 1.42. The van der Waals surface area contributed by atoms with Gasteiger partial charge in [-0.3, -0.25) is 9.80 Å². The molecule has 0 radical (unpaired) electrons. The highest BCUT2D eigenvalue weighted by Crippen LogP contribution is 2.34. The van der Waals surface area contributed by atoms with E-state index in [0.29, 0.717) is 11.9 Å². The molecule has 0 amide bonds. The van der Waals surface area contributed by atoms with Gasteiger partial charge >= 0.3 is 0 Å². The molecule has 2 heterocycles. The second-order valence-electron chi connectivity index (χ2n) is 7.00. The fraction of sp³-hybridized carbons (Fsp3) is 0.579. The van der Waals surface area contributed by atoms with Crippen LogP contribution in [0.2, 0.25) is 0 Å². The van der Waals surface area contributed by atoms with E-state index in [2.05, 4.69) is 44.2 Å². The second-order valence-corrected chi connectivity index (χ2v) is 7.00. The quantitative estimate of drug-likeness (QED) is 0.868. The average Bonchev–Trinajstić information content (AvgIpc) is 2.88. The van der Waals surface area contributed by atoms with Crippen molar-refractivity contribution in [2.45, 2.75) is 45.2 Å². The normalized spacial score (nSPS) is 23.0. The molecule has 0 bridgehead atoms. The maximum atomic E-state index is 5.09. The van der Waals surface area contributed by atoms with Crippen LogP contribution in [0.15, 0.2) is 28.8 Å². The summed E-state index contributed by atoms with van der Waals surface area (Å²) in [6.07, 6.45) is 5.05. The first-order valence-electron chi connectivity index (χ1n) is 9.13. The number of hydrogen-bond acceptors (Lipinski definition) is 5. The topological polar surface area (TPSA) is 45.4 Å². The molecule has 5 heteroatoms. The Labute approximate surface area is 143 Å². The molecule has 128 valence electrons. The lowest BCUT2D eigenvalue weighted by Gasteiger charge is -2.35. The van der Waals surface area contributed by atoms with E-state index in [0.717, 1.165) is 32.0 Å². The first-order valence-corrected chi connectivity index (χ1v) is 9.13. The average molecular weight is 326 g/mol. The van der Waals surface area contributed by atoms with Crippen molar-refractivity contribution in [3.8, 4) is 0 Å².